The highest BCUT2D eigenvalue weighted by Gasteiger charge is 2.53. The Morgan fingerprint density at radius 1 is 0.691 bits per heavy atom. The second-order valence-electron chi connectivity index (χ2n) is 33.6. The number of nitrogens with two attached hydrogens (primary N) is 2. The summed E-state index contributed by atoms with van der Waals surface area (Å²) in [4.78, 5) is 123. The van der Waals surface area contributed by atoms with E-state index in [2.05, 4.69) is 59.5 Å². The van der Waals surface area contributed by atoms with Gasteiger partial charge in [0.2, 0.25) is 75.1 Å². The summed E-state index contributed by atoms with van der Waals surface area (Å²) in [5, 5.41) is 122. The minimum absolute atomic E-state index is 0.0108. The van der Waals surface area contributed by atoms with Gasteiger partial charge in [-0.15, -0.1) is 0 Å². The Kier molecular flexibility index (Phi) is 26.8. The average Bonchev–Trinajstić information content (AvgIpc) is 1.55. The summed E-state index contributed by atoms with van der Waals surface area (Å²) in [5.74, 6) is -13.9. The van der Waals surface area contributed by atoms with Crippen molar-refractivity contribution in [2.45, 2.75) is 207 Å². The van der Waals surface area contributed by atoms with Gasteiger partial charge >= 0.3 is 0 Å². The Morgan fingerprint density at radius 2 is 1.34 bits per heavy atom. The van der Waals surface area contributed by atoms with Gasteiger partial charge in [0.1, 0.15) is 95.9 Å². The van der Waals surface area contributed by atoms with Crippen LogP contribution in [0.25, 0.3) is 11.1 Å². The number of primary amides is 1. The lowest BCUT2D eigenvalue weighted by Gasteiger charge is -2.54. The number of amides is 8. The van der Waals surface area contributed by atoms with Crippen molar-refractivity contribution >= 4 is 68.9 Å². The summed E-state index contributed by atoms with van der Waals surface area (Å²) in [5.41, 5.74) is 9.66. The van der Waals surface area contributed by atoms with E-state index in [4.69, 9.17) is 46.8 Å². The van der Waals surface area contributed by atoms with Crippen LogP contribution in [0.4, 0.5) is 0 Å². The molecule has 6 heterocycles. The summed E-state index contributed by atoms with van der Waals surface area (Å²) >= 11 is 7.22. The normalized spacial score (nSPS) is 27.7. The Morgan fingerprint density at radius 3 is 1.99 bits per heavy atom. The molecular formula is C86H105ClN12O23S. The molecular weight excluding hydrogens is 1640 g/mol. The van der Waals surface area contributed by atoms with E-state index in [-0.39, 0.29) is 109 Å². The third-order valence-electron chi connectivity index (χ3n) is 24.6. The van der Waals surface area contributed by atoms with E-state index >= 15 is 28.8 Å². The summed E-state index contributed by atoms with van der Waals surface area (Å²) < 4.78 is 61.6. The highest BCUT2D eigenvalue weighted by Crippen LogP contribution is 2.56. The van der Waals surface area contributed by atoms with E-state index in [1.165, 1.54) is 74.6 Å². The van der Waals surface area contributed by atoms with Crippen molar-refractivity contribution < 1.29 is 111 Å². The molecule has 6 aliphatic heterocycles. The molecule has 0 spiro atoms. The van der Waals surface area contributed by atoms with Gasteiger partial charge < -0.3 is 124 Å². The molecule has 4 saturated carbocycles. The van der Waals surface area contributed by atoms with E-state index in [9.17, 15) is 58.9 Å². The molecule has 123 heavy (non-hydrogen) atoms. The standard InChI is InChI=1S/C86H105ClN12O23S/c1-6-7-8-9-22-118-48-13-15-49(16-14-48)123(116,117)92-21-20-91-37-52-57(100)34-51-64-50-30-42(10-17-53(50)86(114,115)65(52)64)67-80(109)99-71(84(113)97-69(51)82(111)94-66-45-26-40-25-41(28-45)29-46(66)27-40)73(103)44-12-19-59(54(87)31-44)120-61-33-47-32-60(77(61)122-85-76(106)75(105)74(104)62(36-88)121-85)119-58-18-11-43(24-39(58)4)72(102)70(98-78(107)55(90-5)23-38(2)3)83(112)93-56(35-63(89)101)79(108)95-68(47)81(110)96-67/h10-19,24,30-34,38,40-41,45-46,55-56,62,66-76,85,90-92,100,102-106,114-115H,6-9,20-23,25-29,35-37,88H2,1-5H3,(H2,89,101)(H,93,112)(H,94,111)(H,95,108)(H,96,110)(H,97,113)(H,98,107)(H,99,109)/t40?,41?,45?,46?,55-,56+,62-,66?,67-,68-,69+,70-,71+,72-,73-,74-,75+,76-,85+/m1/s1. The minimum atomic E-state index is -4.13. The number of nitrogens with one attached hydrogen (secondary N) is 10. The van der Waals surface area contributed by atoms with E-state index < -0.39 is 208 Å². The van der Waals surface area contributed by atoms with Gasteiger partial charge in [-0.2, -0.15) is 0 Å². The van der Waals surface area contributed by atoms with Crippen molar-refractivity contribution in [1.82, 2.24) is 52.6 Å². The van der Waals surface area contributed by atoms with E-state index in [1.807, 2.05) is 13.8 Å². The number of ether oxygens (including phenoxy) is 5. The highest BCUT2D eigenvalue weighted by molar-refractivity contribution is 7.89. The molecule has 17 rings (SSSR count). The fourth-order valence-corrected chi connectivity index (χ4v) is 19.8. The zero-order valence-corrected chi connectivity index (χ0v) is 69.8. The lowest BCUT2D eigenvalue weighted by atomic mass is 9.54. The highest BCUT2D eigenvalue weighted by atomic mass is 35.5. The van der Waals surface area contributed by atoms with Crippen molar-refractivity contribution in [3.05, 3.63) is 152 Å². The summed E-state index contributed by atoms with van der Waals surface area (Å²) in [6, 6.07) is 6.51. The molecule has 6 aromatic rings. The predicted molar refractivity (Wildman–Crippen MR) is 441 cm³/mol. The smallest absolute Gasteiger partial charge is 0.248 e. The van der Waals surface area contributed by atoms with Crippen molar-refractivity contribution in [3.8, 4) is 51.4 Å². The lowest BCUT2D eigenvalue weighted by molar-refractivity contribution is -0.270. The zero-order chi connectivity index (χ0) is 87.9. The first-order valence-corrected chi connectivity index (χ1v) is 43.4. The van der Waals surface area contributed by atoms with Crippen LogP contribution in [0.15, 0.2) is 102 Å². The first kappa shape index (κ1) is 89.1. The molecule has 11 aliphatic rings. The molecule has 1 saturated heterocycles. The van der Waals surface area contributed by atoms with Crippen LogP contribution in [0, 0.1) is 36.5 Å². The zero-order valence-electron chi connectivity index (χ0n) is 68.2. The van der Waals surface area contributed by atoms with Crippen molar-refractivity contribution in [1.29, 1.82) is 0 Å². The number of hydrogen-bond donors (Lipinski definition) is 20. The predicted octanol–water partition coefficient (Wildman–Crippen LogP) is 2.46. The van der Waals surface area contributed by atoms with Crippen LogP contribution in [0.3, 0.4) is 0 Å². The number of unbranched alkanes of at least 4 members (excludes halogenated alkanes) is 3. The Hall–Kier alpha value is -10.2. The number of sulfonamides is 1. The monoisotopic (exact) mass is 1740 g/mol. The molecule has 0 unspecified atom stereocenters. The molecule has 22 N–H and O–H groups in total. The van der Waals surface area contributed by atoms with E-state index in [0.717, 1.165) is 82.1 Å². The maximum Gasteiger partial charge on any atom is 0.248 e. The number of fused-ring (bicyclic) bond motifs is 12. The Labute approximate surface area is 713 Å². The molecule has 5 fully saturated rings. The second kappa shape index (κ2) is 36.9. The summed E-state index contributed by atoms with van der Waals surface area (Å²) in [6.07, 6.45) is -5.94. The van der Waals surface area contributed by atoms with Gasteiger partial charge in [-0.1, -0.05) is 75.9 Å². The van der Waals surface area contributed by atoms with Gasteiger partial charge in [0.15, 0.2) is 11.5 Å². The number of rotatable bonds is 25. The number of halogens is 1. The third-order valence-corrected chi connectivity index (χ3v) is 26.4. The summed E-state index contributed by atoms with van der Waals surface area (Å²) in [7, 11) is -2.62. The number of aliphatic hydroxyl groups is 7. The maximum absolute atomic E-state index is 16.5. The van der Waals surface area contributed by atoms with Crippen LogP contribution in [0.1, 0.15) is 172 Å². The summed E-state index contributed by atoms with van der Waals surface area (Å²) in [6.45, 7) is 6.51. The van der Waals surface area contributed by atoms with Gasteiger partial charge in [0.05, 0.1) is 29.0 Å². The number of benzene rings is 6. The molecule has 0 aromatic heterocycles. The molecule has 14 atom stereocenters. The Balaban J connectivity index is 0.918. The van der Waals surface area contributed by atoms with Gasteiger partial charge in [0, 0.05) is 48.9 Å². The second-order valence-corrected chi connectivity index (χ2v) is 35.8. The Bertz CT molecular complexity index is 5150. The number of aromatic hydroxyl groups is 1. The first-order valence-electron chi connectivity index (χ1n) is 41.5. The van der Waals surface area contributed by atoms with Gasteiger partial charge in [-0.25, -0.2) is 13.1 Å². The van der Waals surface area contributed by atoms with Crippen LogP contribution in [-0.2, 0) is 65.4 Å². The minimum Gasteiger partial charge on any atom is -0.508 e. The quantitative estimate of drug-likeness (QED) is 0.0289. The van der Waals surface area contributed by atoms with Crippen molar-refractivity contribution in [2.75, 3.05) is 33.3 Å². The van der Waals surface area contributed by atoms with E-state index in [1.54, 1.807) is 12.1 Å². The van der Waals surface area contributed by atoms with Crippen molar-refractivity contribution in [2.24, 2.45) is 41.1 Å². The van der Waals surface area contributed by atoms with Crippen LogP contribution < -0.4 is 83.0 Å². The first-order chi connectivity index (χ1) is 58.6. The van der Waals surface area contributed by atoms with Gasteiger partial charge in [-0.3, -0.25) is 38.4 Å². The van der Waals surface area contributed by atoms with Crippen LogP contribution in [0.2, 0.25) is 5.02 Å². The molecule has 8 amide bonds. The largest absolute Gasteiger partial charge is 0.508 e. The van der Waals surface area contributed by atoms with Crippen LogP contribution in [-0.4, -0.2) is 191 Å². The van der Waals surface area contributed by atoms with Crippen LogP contribution in [0.5, 0.6) is 40.2 Å². The molecule has 15 bridgehead atoms. The number of carbonyl (C=O) groups excluding carboxylic acids is 8. The fourth-order valence-electron chi connectivity index (χ4n) is 18.5. The molecule has 5 aliphatic carbocycles. The average molecular weight is 1740 g/mol. The maximum atomic E-state index is 16.5. The molecule has 0 radical (unpaired) electrons. The third kappa shape index (κ3) is 18.7. The molecule has 660 valence electrons. The number of phenols is 1. The SMILES string of the molecule is CCCCCCOc1ccc(S(=O)(=O)NCCNCc2c(O)cc3c4c2C(O)(O)c2ccc(cc2-4)[C@H]2NC(=O)[C@@H]4NC(=O)[C@H](CC(N)=O)NC(=O)[C@H](NC(=O)[C@@H](CC(C)C)NC)[C@H](O)c5ccc(c(C)c5)Oc5cc4cc(c5O[C@@H]4O[C@H](CN)[C@@H](O)[C@H](O)[C@H]4O)Oc4ccc(cc4Cl)[C@@H](O)[C@H](NC2=O)C(=O)N[C@@H]3C(=O)NC2C3CC4CC(C3)CC2C4)cc1. The van der Waals surface area contributed by atoms with E-state index in [0.29, 0.717) is 24.2 Å². The van der Waals surface area contributed by atoms with Crippen LogP contribution >= 0.6 is 11.6 Å². The number of phenolic OH excluding ortho intramolecular Hbond substituents is 1. The number of hydrogen-bond acceptors (Lipinski definition) is 26. The number of aryl methyl sites for hydroxylation is 1. The fraction of sp³-hybridized carbons (Fsp3) is 0.488. The van der Waals surface area contributed by atoms with Gasteiger partial charge in [0.25, 0.3) is 0 Å². The molecule has 6 aromatic carbocycles. The molecule has 35 nitrogen and oxygen atoms in total. The lowest BCUT2D eigenvalue weighted by Crippen LogP contribution is -2.60. The molecule has 37 heteroatoms. The number of aliphatic hydroxyl groups excluding tert-OH is 5. The van der Waals surface area contributed by atoms with Crippen molar-refractivity contribution in [3.63, 3.8) is 0 Å². The van der Waals surface area contributed by atoms with Gasteiger partial charge in [-0.05, 0) is 206 Å². The topological polar surface area (TPSA) is 551 Å². The number of likely N-dealkylation sites (N-methyl/N-ethyl adjacent to an activating group) is 1. The number of carbonyl (C=O) groups is 8.